The minimum Gasteiger partial charge on any atom is -0.445 e. The van der Waals surface area contributed by atoms with Crippen molar-refractivity contribution in [3.63, 3.8) is 0 Å². The summed E-state index contributed by atoms with van der Waals surface area (Å²) < 4.78 is 5.31. The summed E-state index contributed by atoms with van der Waals surface area (Å²) in [5, 5.41) is 3.20. The summed E-state index contributed by atoms with van der Waals surface area (Å²) in [4.78, 5) is 17.8. The number of carbonyl (C=O) groups is 1. The molecular formula is C14H23N3O2. The number of nitrogens with one attached hydrogen (secondary N) is 1. The number of hydrogen-bond donors (Lipinski definition) is 1. The third-order valence-corrected chi connectivity index (χ3v) is 2.88. The number of aromatic nitrogens is 1. The molecule has 1 N–H and O–H groups in total. The second-order valence-corrected chi connectivity index (χ2v) is 4.55. The van der Waals surface area contributed by atoms with E-state index in [9.17, 15) is 4.79 Å². The van der Waals surface area contributed by atoms with Gasteiger partial charge in [-0.2, -0.15) is 0 Å². The second kappa shape index (κ2) is 7.09. The summed E-state index contributed by atoms with van der Waals surface area (Å²) >= 11 is 0. The van der Waals surface area contributed by atoms with E-state index in [-0.39, 0.29) is 13.5 Å². The Hall–Kier alpha value is -1.62. The lowest BCUT2D eigenvalue weighted by Gasteiger charge is -2.26. The Morgan fingerprint density at radius 2 is 1.89 bits per heavy atom. The zero-order valence-electron chi connectivity index (χ0n) is 10.9. The average molecular weight is 265 g/mol. The predicted molar refractivity (Wildman–Crippen MR) is 75.1 cm³/mol. The van der Waals surface area contributed by atoms with E-state index in [0.29, 0.717) is 19.7 Å². The predicted octanol–water partition coefficient (Wildman–Crippen LogP) is 1.88. The van der Waals surface area contributed by atoms with Crippen LogP contribution in [0.5, 0.6) is 0 Å². The first kappa shape index (κ1) is 15.4. The summed E-state index contributed by atoms with van der Waals surface area (Å²) in [5.74, 6) is 0. The van der Waals surface area contributed by atoms with Gasteiger partial charge in [0.2, 0.25) is 0 Å². The van der Waals surface area contributed by atoms with Crippen molar-refractivity contribution in [2.75, 3.05) is 26.2 Å². The Kier molecular flexibility index (Phi) is 5.76. The summed E-state index contributed by atoms with van der Waals surface area (Å²) in [6.45, 7) is 7.29. The third-order valence-electron chi connectivity index (χ3n) is 2.88. The number of aryl methyl sites for hydroxylation is 2. The normalized spacial score (nSPS) is 14.7. The zero-order chi connectivity index (χ0) is 13.0. The highest BCUT2D eigenvalue weighted by molar-refractivity contribution is 5.67. The fraction of sp³-hybridized carbons (Fsp3) is 0.571. The molecule has 0 spiro atoms. The van der Waals surface area contributed by atoms with Gasteiger partial charge in [0, 0.05) is 37.6 Å². The molecule has 1 fully saturated rings. The fourth-order valence-electron chi connectivity index (χ4n) is 2.09. The Balaban J connectivity index is 0.00000180. The van der Waals surface area contributed by atoms with E-state index in [1.165, 1.54) is 0 Å². The van der Waals surface area contributed by atoms with Crippen molar-refractivity contribution in [2.45, 2.75) is 27.9 Å². The van der Waals surface area contributed by atoms with Gasteiger partial charge in [0.05, 0.1) is 0 Å². The van der Waals surface area contributed by atoms with Crippen LogP contribution in [-0.2, 0) is 11.3 Å². The first-order valence-electron chi connectivity index (χ1n) is 6.22. The maximum atomic E-state index is 11.8. The molecule has 0 aliphatic carbocycles. The number of carbonyl (C=O) groups excluding carboxylic acids is 1. The van der Waals surface area contributed by atoms with E-state index in [2.05, 4.69) is 10.3 Å². The van der Waals surface area contributed by atoms with Crippen LogP contribution in [-0.4, -0.2) is 42.2 Å². The Bertz CT molecular complexity index is 408. The van der Waals surface area contributed by atoms with Gasteiger partial charge >= 0.3 is 6.09 Å². The van der Waals surface area contributed by atoms with Crippen molar-refractivity contribution in [3.8, 4) is 0 Å². The molecular weight excluding hydrogens is 242 g/mol. The minimum absolute atomic E-state index is 0. The standard InChI is InChI=1S/C13H19N3O2.CH4/c1-10-7-12(8-11(2)15-10)9-18-13(17)16-5-3-14-4-6-16;/h7-8,14H,3-6,9H2,1-2H3;1H4. The Labute approximate surface area is 115 Å². The SMILES string of the molecule is C.Cc1cc(COC(=O)N2CCNCC2)cc(C)n1. The molecule has 0 radical (unpaired) electrons. The van der Waals surface area contributed by atoms with Gasteiger partial charge in [-0.3, -0.25) is 4.98 Å². The number of nitrogens with zero attached hydrogens (tertiary/aromatic N) is 2. The molecule has 2 rings (SSSR count). The molecule has 1 aromatic rings. The molecule has 0 saturated carbocycles. The number of hydrogen-bond acceptors (Lipinski definition) is 4. The topological polar surface area (TPSA) is 54.5 Å². The first-order valence-corrected chi connectivity index (χ1v) is 6.22. The van der Waals surface area contributed by atoms with E-state index in [4.69, 9.17) is 4.74 Å². The molecule has 5 nitrogen and oxygen atoms in total. The lowest BCUT2D eigenvalue weighted by molar-refractivity contribution is 0.0918. The summed E-state index contributed by atoms with van der Waals surface area (Å²) in [6, 6.07) is 3.88. The van der Waals surface area contributed by atoms with Crippen LogP contribution in [0.1, 0.15) is 24.4 Å². The molecule has 0 unspecified atom stereocenters. The summed E-state index contributed by atoms with van der Waals surface area (Å²) in [7, 11) is 0. The average Bonchev–Trinajstić information content (AvgIpc) is 2.36. The Morgan fingerprint density at radius 1 is 1.32 bits per heavy atom. The highest BCUT2D eigenvalue weighted by atomic mass is 16.6. The molecule has 1 aliphatic heterocycles. The smallest absolute Gasteiger partial charge is 0.410 e. The van der Waals surface area contributed by atoms with Crippen LogP contribution in [0.2, 0.25) is 0 Å². The number of piperazine rings is 1. The highest BCUT2D eigenvalue weighted by Gasteiger charge is 2.17. The fourth-order valence-corrected chi connectivity index (χ4v) is 2.09. The number of pyridine rings is 1. The van der Waals surface area contributed by atoms with Gasteiger partial charge in [-0.25, -0.2) is 4.79 Å². The van der Waals surface area contributed by atoms with Gasteiger partial charge in [-0.15, -0.1) is 0 Å². The van der Waals surface area contributed by atoms with E-state index in [1.807, 2.05) is 26.0 Å². The maximum Gasteiger partial charge on any atom is 0.410 e. The van der Waals surface area contributed by atoms with Crippen molar-refractivity contribution in [1.29, 1.82) is 0 Å². The number of amides is 1. The van der Waals surface area contributed by atoms with E-state index >= 15 is 0 Å². The van der Waals surface area contributed by atoms with Crippen molar-refractivity contribution in [2.24, 2.45) is 0 Å². The van der Waals surface area contributed by atoms with Crippen LogP contribution in [0.3, 0.4) is 0 Å². The van der Waals surface area contributed by atoms with Gasteiger partial charge < -0.3 is 15.0 Å². The first-order chi connectivity index (χ1) is 8.65. The van der Waals surface area contributed by atoms with Crippen LogP contribution in [0.25, 0.3) is 0 Å². The van der Waals surface area contributed by atoms with Crippen LogP contribution in [0.4, 0.5) is 4.79 Å². The van der Waals surface area contributed by atoms with Gasteiger partial charge in [0.25, 0.3) is 0 Å². The highest BCUT2D eigenvalue weighted by Crippen LogP contribution is 2.08. The molecule has 0 aromatic carbocycles. The molecule has 2 heterocycles. The molecule has 5 heteroatoms. The van der Waals surface area contributed by atoms with Gasteiger partial charge in [-0.05, 0) is 31.5 Å². The second-order valence-electron chi connectivity index (χ2n) is 4.55. The molecule has 1 amide bonds. The van der Waals surface area contributed by atoms with E-state index in [1.54, 1.807) is 4.90 Å². The van der Waals surface area contributed by atoms with E-state index < -0.39 is 0 Å². The third kappa shape index (κ3) is 4.52. The molecule has 1 saturated heterocycles. The molecule has 0 bridgehead atoms. The number of rotatable bonds is 2. The van der Waals surface area contributed by atoms with Gasteiger partial charge in [-0.1, -0.05) is 7.43 Å². The number of ether oxygens (including phenoxy) is 1. The molecule has 106 valence electrons. The van der Waals surface area contributed by atoms with Crippen LogP contribution < -0.4 is 5.32 Å². The Morgan fingerprint density at radius 3 is 2.47 bits per heavy atom. The van der Waals surface area contributed by atoms with Gasteiger partial charge in [0.15, 0.2) is 0 Å². The molecule has 1 aromatic heterocycles. The van der Waals surface area contributed by atoms with Crippen molar-refractivity contribution in [3.05, 3.63) is 29.1 Å². The van der Waals surface area contributed by atoms with Gasteiger partial charge in [0.1, 0.15) is 6.61 Å². The molecule has 1 aliphatic rings. The molecule has 0 atom stereocenters. The van der Waals surface area contributed by atoms with Crippen LogP contribution in [0, 0.1) is 13.8 Å². The van der Waals surface area contributed by atoms with Crippen LogP contribution in [0.15, 0.2) is 12.1 Å². The zero-order valence-corrected chi connectivity index (χ0v) is 10.9. The van der Waals surface area contributed by atoms with Crippen molar-refractivity contribution in [1.82, 2.24) is 15.2 Å². The summed E-state index contributed by atoms with van der Waals surface area (Å²) in [5.41, 5.74) is 2.88. The maximum absolute atomic E-state index is 11.8. The quantitative estimate of drug-likeness (QED) is 0.887. The van der Waals surface area contributed by atoms with Crippen molar-refractivity contribution >= 4 is 6.09 Å². The lowest BCUT2D eigenvalue weighted by atomic mass is 10.2. The lowest BCUT2D eigenvalue weighted by Crippen LogP contribution is -2.46. The van der Waals surface area contributed by atoms with Crippen molar-refractivity contribution < 1.29 is 9.53 Å². The molecule has 19 heavy (non-hydrogen) atoms. The minimum atomic E-state index is -0.233. The largest absolute Gasteiger partial charge is 0.445 e. The van der Waals surface area contributed by atoms with E-state index in [0.717, 1.165) is 30.0 Å². The monoisotopic (exact) mass is 265 g/mol. The van der Waals surface area contributed by atoms with Crippen LogP contribution >= 0.6 is 0 Å². The summed E-state index contributed by atoms with van der Waals surface area (Å²) in [6.07, 6.45) is -0.233.